The second-order valence-electron chi connectivity index (χ2n) is 8.47. The summed E-state index contributed by atoms with van der Waals surface area (Å²) in [6.07, 6.45) is 1.10. The van der Waals surface area contributed by atoms with Crippen LogP contribution in [-0.2, 0) is 38.7 Å². The van der Waals surface area contributed by atoms with Crippen molar-refractivity contribution in [1.29, 1.82) is 0 Å². The molecule has 10 heteroatoms. The molecule has 1 heterocycles. The van der Waals surface area contributed by atoms with Crippen molar-refractivity contribution in [1.82, 2.24) is 4.90 Å². The number of rotatable bonds is 8. The van der Waals surface area contributed by atoms with E-state index in [1.165, 1.54) is 0 Å². The number of carbonyl (C=O) groups is 3. The Labute approximate surface area is 245 Å². The number of benzene rings is 3. The highest BCUT2D eigenvalue weighted by Crippen LogP contribution is 2.37. The summed E-state index contributed by atoms with van der Waals surface area (Å²) in [6, 6.07) is 18.3. The van der Waals surface area contributed by atoms with Gasteiger partial charge in [-0.1, -0.05) is 60.7 Å². The molecule has 0 bridgehead atoms. The topological polar surface area (TPSA) is 93.1 Å². The lowest BCUT2D eigenvalue weighted by atomic mass is 9.93. The van der Waals surface area contributed by atoms with Gasteiger partial charge in [-0.2, -0.15) is 0 Å². The van der Waals surface area contributed by atoms with E-state index >= 15 is 0 Å². The largest absolute Gasteiger partial charge is 0.480 e. The van der Waals surface area contributed by atoms with Gasteiger partial charge in [-0.05, 0) is 79.6 Å². The van der Waals surface area contributed by atoms with Crippen molar-refractivity contribution in [2.45, 2.75) is 25.6 Å². The minimum absolute atomic E-state index is 0.0143. The zero-order valence-corrected chi connectivity index (χ0v) is 24.2. The third-order valence-electron chi connectivity index (χ3n) is 5.91. The van der Waals surface area contributed by atoms with Gasteiger partial charge in [0.2, 0.25) is 0 Å². The summed E-state index contributed by atoms with van der Waals surface area (Å²) in [7, 11) is 0. The second-order valence-corrected chi connectivity index (χ2v) is 10.7. The van der Waals surface area contributed by atoms with Gasteiger partial charge in [0.25, 0.3) is 5.91 Å². The summed E-state index contributed by atoms with van der Waals surface area (Å²) in [5.41, 5.74) is 2.71. The van der Waals surface area contributed by atoms with Crippen molar-refractivity contribution in [3.05, 3.63) is 102 Å². The molecule has 0 aromatic heterocycles. The van der Waals surface area contributed by atoms with Crippen LogP contribution in [0.4, 0.5) is 4.39 Å². The molecule has 3 aromatic rings. The van der Waals surface area contributed by atoms with Crippen LogP contribution in [0.5, 0.6) is 5.75 Å². The van der Waals surface area contributed by atoms with Gasteiger partial charge in [0.1, 0.15) is 18.4 Å². The van der Waals surface area contributed by atoms with Crippen LogP contribution in [0.25, 0.3) is 6.08 Å². The highest BCUT2D eigenvalue weighted by Gasteiger charge is 2.38. The first-order valence-corrected chi connectivity index (χ1v) is 13.7. The molecule has 1 aliphatic rings. The highest BCUT2D eigenvalue weighted by molar-refractivity contribution is 14.1. The SMILES string of the molecule is O=C(COc1c(I)cc2c(c1I)CN(C(=O)/C(F)=C/c1ccccc1)[C@H](C(=O)O)C2)OCc1ccccc1. The number of amides is 1. The van der Waals surface area contributed by atoms with E-state index < -0.39 is 29.7 Å². The molecule has 196 valence electrons. The van der Waals surface area contributed by atoms with Crippen molar-refractivity contribution >= 4 is 69.1 Å². The molecule has 0 aliphatic carbocycles. The minimum atomic E-state index is -1.23. The summed E-state index contributed by atoms with van der Waals surface area (Å²) < 4.78 is 27.3. The van der Waals surface area contributed by atoms with E-state index in [9.17, 15) is 23.9 Å². The van der Waals surface area contributed by atoms with Gasteiger partial charge in [0, 0.05) is 13.0 Å². The van der Waals surface area contributed by atoms with Crippen LogP contribution >= 0.6 is 45.2 Å². The molecule has 3 aromatic carbocycles. The number of halogens is 3. The molecule has 0 spiro atoms. The third kappa shape index (κ3) is 6.70. The molecule has 0 fully saturated rings. The third-order valence-corrected chi connectivity index (χ3v) is 7.85. The average molecular weight is 741 g/mol. The van der Waals surface area contributed by atoms with Crippen LogP contribution < -0.4 is 4.74 Å². The number of aliphatic carboxylic acids is 1. The molecule has 7 nitrogen and oxygen atoms in total. The summed E-state index contributed by atoms with van der Waals surface area (Å²) in [6.45, 7) is -0.325. The molecule has 4 rings (SSSR count). The van der Waals surface area contributed by atoms with Gasteiger partial charge in [-0.25, -0.2) is 14.0 Å². The maximum absolute atomic E-state index is 14.9. The quantitative estimate of drug-likeness (QED) is 0.190. The number of nitrogens with zero attached hydrogens (tertiary/aromatic N) is 1. The molecule has 0 radical (unpaired) electrons. The van der Waals surface area contributed by atoms with E-state index in [1.54, 1.807) is 36.4 Å². The van der Waals surface area contributed by atoms with E-state index in [0.29, 0.717) is 24.0 Å². The van der Waals surface area contributed by atoms with Gasteiger partial charge in [-0.15, -0.1) is 0 Å². The molecule has 1 aliphatic heterocycles. The standard InChI is InChI=1S/C28H22FI2NO6/c29-21(11-17-7-3-1-4-8-17)27(34)32-14-20-19(13-23(32)28(35)36)12-22(30)26(25(20)31)38-16-24(33)37-15-18-9-5-2-6-10-18/h1-12,23H,13-16H2,(H,35,36)/b21-11-/t23-/m0/s1. The molecule has 0 saturated heterocycles. The first-order chi connectivity index (χ1) is 18.2. The molecule has 0 unspecified atom stereocenters. The maximum Gasteiger partial charge on any atom is 0.344 e. The van der Waals surface area contributed by atoms with Crippen LogP contribution in [0.3, 0.4) is 0 Å². The fourth-order valence-electron chi connectivity index (χ4n) is 4.01. The predicted octanol–water partition coefficient (Wildman–Crippen LogP) is 5.37. The Morgan fingerprint density at radius 2 is 1.71 bits per heavy atom. The van der Waals surface area contributed by atoms with Crippen molar-refractivity contribution in [2.24, 2.45) is 0 Å². The van der Waals surface area contributed by atoms with Crippen LogP contribution in [-0.4, -0.2) is 40.5 Å². The summed E-state index contributed by atoms with van der Waals surface area (Å²) in [5.74, 6) is -3.41. The van der Waals surface area contributed by atoms with E-state index in [-0.39, 0.29) is 26.2 Å². The van der Waals surface area contributed by atoms with E-state index in [1.807, 2.05) is 52.9 Å². The van der Waals surface area contributed by atoms with Crippen LogP contribution in [0.2, 0.25) is 0 Å². The number of esters is 1. The van der Waals surface area contributed by atoms with E-state index in [4.69, 9.17) is 9.47 Å². The fourth-order valence-corrected chi connectivity index (χ4v) is 6.29. The first kappa shape index (κ1) is 28.0. The Bertz CT molecular complexity index is 1380. The molecule has 1 amide bonds. The number of hydrogen-bond acceptors (Lipinski definition) is 5. The van der Waals surface area contributed by atoms with E-state index in [2.05, 4.69) is 22.6 Å². The number of carbonyl (C=O) groups excluding carboxylic acids is 2. The Morgan fingerprint density at radius 3 is 2.37 bits per heavy atom. The van der Waals surface area contributed by atoms with Crippen molar-refractivity contribution in [2.75, 3.05) is 6.61 Å². The van der Waals surface area contributed by atoms with Crippen molar-refractivity contribution < 1.29 is 33.4 Å². The summed E-state index contributed by atoms with van der Waals surface area (Å²) in [4.78, 5) is 38.3. The van der Waals surface area contributed by atoms with Crippen LogP contribution in [0.15, 0.2) is 72.6 Å². The number of hydrogen-bond donors (Lipinski definition) is 1. The summed E-state index contributed by atoms with van der Waals surface area (Å²) in [5, 5.41) is 9.81. The van der Waals surface area contributed by atoms with Gasteiger partial charge in [-0.3, -0.25) is 4.79 Å². The second kappa shape index (κ2) is 12.7. The smallest absolute Gasteiger partial charge is 0.344 e. The molecular weight excluding hydrogens is 719 g/mol. The average Bonchev–Trinajstić information content (AvgIpc) is 2.91. The Kier molecular flexibility index (Phi) is 9.36. The first-order valence-electron chi connectivity index (χ1n) is 11.5. The molecular formula is C28H22FI2NO6. The number of fused-ring (bicyclic) bond motifs is 1. The maximum atomic E-state index is 14.9. The lowest BCUT2D eigenvalue weighted by Gasteiger charge is -2.35. The molecule has 1 atom stereocenters. The molecule has 0 saturated carbocycles. The molecule has 38 heavy (non-hydrogen) atoms. The summed E-state index contributed by atoms with van der Waals surface area (Å²) >= 11 is 4.10. The zero-order valence-electron chi connectivity index (χ0n) is 19.9. The number of carboxylic acids is 1. The Hall–Kier alpha value is -3.00. The number of ether oxygens (including phenoxy) is 2. The Balaban J connectivity index is 1.52. The Morgan fingerprint density at radius 1 is 1.05 bits per heavy atom. The van der Waals surface area contributed by atoms with Gasteiger partial charge >= 0.3 is 11.9 Å². The van der Waals surface area contributed by atoms with Crippen molar-refractivity contribution in [3.8, 4) is 5.75 Å². The lowest BCUT2D eigenvalue weighted by molar-refractivity contribution is -0.150. The lowest BCUT2D eigenvalue weighted by Crippen LogP contribution is -2.49. The normalized spacial score (nSPS) is 15.0. The molecule has 1 N–H and O–H groups in total. The minimum Gasteiger partial charge on any atom is -0.480 e. The monoisotopic (exact) mass is 741 g/mol. The number of carboxylic acid groups (broad SMARTS) is 1. The highest BCUT2D eigenvalue weighted by atomic mass is 127. The fraction of sp³-hybridized carbons (Fsp3) is 0.179. The van der Waals surface area contributed by atoms with Gasteiger partial charge in [0.05, 0.1) is 7.14 Å². The van der Waals surface area contributed by atoms with Gasteiger partial charge < -0.3 is 19.5 Å². The van der Waals surface area contributed by atoms with Crippen molar-refractivity contribution in [3.63, 3.8) is 0 Å². The van der Waals surface area contributed by atoms with Gasteiger partial charge in [0.15, 0.2) is 12.4 Å². The predicted molar refractivity (Wildman–Crippen MR) is 155 cm³/mol. The van der Waals surface area contributed by atoms with Crippen LogP contribution in [0.1, 0.15) is 22.3 Å². The zero-order chi connectivity index (χ0) is 27.2. The van der Waals surface area contributed by atoms with Crippen LogP contribution in [0, 0.1) is 7.14 Å². The van der Waals surface area contributed by atoms with E-state index in [0.717, 1.165) is 22.1 Å².